The number of rotatable bonds is 4. The molecule has 0 saturated heterocycles. The maximum atomic E-state index is 12.7. The molecule has 2 aromatic carbocycles. The van der Waals surface area contributed by atoms with E-state index in [9.17, 15) is 18.0 Å². The van der Waals surface area contributed by atoms with Crippen LogP contribution >= 0.6 is 0 Å². The van der Waals surface area contributed by atoms with Crippen LogP contribution in [-0.4, -0.2) is 21.7 Å². The molecule has 1 aromatic heterocycles. The average Bonchev–Trinajstić information content (AvgIpc) is 2.99. The van der Waals surface area contributed by atoms with E-state index in [4.69, 9.17) is 5.73 Å². The van der Waals surface area contributed by atoms with E-state index in [-0.39, 0.29) is 23.0 Å². The molecule has 0 amide bonds. The predicted molar refractivity (Wildman–Crippen MR) is 84.5 cm³/mol. The van der Waals surface area contributed by atoms with Gasteiger partial charge in [-0.2, -0.15) is 0 Å². The Labute approximate surface area is 140 Å². The molecule has 5 nitrogen and oxygen atoms in total. The number of carbonyl (C=O) groups excluding carboxylic acids is 1. The third kappa shape index (κ3) is 3.63. The van der Waals surface area contributed by atoms with Gasteiger partial charge in [0, 0.05) is 29.6 Å². The Morgan fingerprint density at radius 1 is 1.12 bits per heavy atom. The molecule has 0 unspecified atom stereocenters. The molecule has 0 radical (unpaired) electrons. The van der Waals surface area contributed by atoms with Crippen LogP contribution in [0.4, 0.5) is 19.1 Å². The molecular formula is C17H12F3N3O2. The molecule has 0 fully saturated rings. The van der Waals surface area contributed by atoms with Crippen molar-refractivity contribution in [3.63, 3.8) is 0 Å². The zero-order valence-electron chi connectivity index (χ0n) is 12.7. The molecule has 0 saturated carbocycles. The van der Waals surface area contributed by atoms with Gasteiger partial charge in [-0.25, -0.2) is 4.98 Å². The fraction of sp³-hybridized carbons (Fsp3) is 0.0588. The molecule has 0 bridgehead atoms. The Balaban J connectivity index is 2.12. The van der Waals surface area contributed by atoms with Crippen LogP contribution < -0.4 is 10.5 Å². The average molecular weight is 347 g/mol. The number of hydrogen-bond acceptors (Lipinski definition) is 4. The van der Waals surface area contributed by atoms with E-state index in [0.717, 1.165) is 12.1 Å². The molecule has 0 aliphatic rings. The van der Waals surface area contributed by atoms with Gasteiger partial charge in [0.2, 0.25) is 5.95 Å². The Morgan fingerprint density at radius 3 is 2.44 bits per heavy atom. The summed E-state index contributed by atoms with van der Waals surface area (Å²) in [4.78, 5) is 16.6. The Hall–Kier alpha value is -3.29. The molecule has 0 aliphatic carbocycles. The summed E-state index contributed by atoms with van der Waals surface area (Å²) in [7, 11) is 0. The van der Waals surface area contributed by atoms with Crippen molar-refractivity contribution in [3.8, 4) is 11.4 Å². The molecule has 8 heteroatoms. The highest BCUT2D eigenvalue weighted by Gasteiger charge is 2.31. The van der Waals surface area contributed by atoms with Crippen LogP contribution in [0.1, 0.15) is 15.9 Å². The van der Waals surface area contributed by atoms with Gasteiger partial charge in [0.05, 0.1) is 5.69 Å². The molecule has 0 spiro atoms. The highest BCUT2D eigenvalue weighted by molar-refractivity contribution is 6.11. The second-order valence-corrected chi connectivity index (χ2v) is 5.08. The number of alkyl halides is 3. The molecule has 25 heavy (non-hydrogen) atoms. The van der Waals surface area contributed by atoms with Crippen molar-refractivity contribution < 1.29 is 22.7 Å². The largest absolute Gasteiger partial charge is 0.573 e. The zero-order chi connectivity index (χ0) is 18.0. The molecule has 0 aliphatic heterocycles. The van der Waals surface area contributed by atoms with E-state index >= 15 is 0 Å². The summed E-state index contributed by atoms with van der Waals surface area (Å²) in [5.41, 5.74) is 6.45. The monoisotopic (exact) mass is 347 g/mol. The lowest BCUT2D eigenvalue weighted by atomic mass is 10.0. The highest BCUT2D eigenvalue weighted by Crippen LogP contribution is 2.29. The Bertz CT molecular complexity index is 905. The maximum absolute atomic E-state index is 12.7. The lowest BCUT2D eigenvalue weighted by Gasteiger charge is -2.14. The third-order valence-electron chi connectivity index (χ3n) is 3.41. The summed E-state index contributed by atoms with van der Waals surface area (Å²) in [6, 6.07) is 11.8. The molecule has 2 N–H and O–H groups in total. The first-order chi connectivity index (χ1) is 11.8. The van der Waals surface area contributed by atoms with Gasteiger partial charge in [-0.15, -0.1) is 13.2 Å². The van der Waals surface area contributed by atoms with Gasteiger partial charge in [0.15, 0.2) is 5.78 Å². The minimum absolute atomic E-state index is 0.0336. The van der Waals surface area contributed by atoms with Crippen molar-refractivity contribution in [1.82, 2.24) is 9.55 Å². The van der Waals surface area contributed by atoms with Crippen molar-refractivity contribution in [2.24, 2.45) is 0 Å². The summed E-state index contributed by atoms with van der Waals surface area (Å²) < 4.78 is 42.7. The van der Waals surface area contributed by atoms with Crippen LogP contribution in [0.3, 0.4) is 0 Å². The molecule has 0 atom stereocenters. The van der Waals surface area contributed by atoms with Crippen molar-refractivity contribution in [3.05, 3.63) is 72.1 Å². The summed E-state index contributed by atoms with van der Waals surface area (Å²) in [6.45, 7) is 0. The number of benzene rings is 2. The number of ether oxygens (including phenoxy) is 1. The van der Waals surface area contributed by atoms with Crippen molar-refractivity contribution in [2.75, 3.05) is 5.73 Å². The lowest BCUT2D eigenvalue weighted by Crippen LogP contribution is -2.18. The van der Waals surface area contributed by atoms with Gasteiger partial charge in [-0.05, 0) is 12.1 Å². The van der Waals surface area contributed by atoms with Crippen LogP contribution in [0, 0.1) is 0 Å². The van der Waals surface area contributed by atoms with E-state index in [1.54, 1.807) is 30.3 Å². The van der Waals surface area contributed by atoms with Gasteiger partial charge >= 0.3 is 6.36 Å². The first kappa shape index (κ1) is 16.6. The first-order valence-electron chi connectivity index (χ1n) is 7.14. The molecule has 3 rings (SSSR count). The Morgan fingerprint density at radius 2 is 1.84 bits per heavy atom. The molecule has 1 heterocycles. The van der Waals surface area contributed by atoms with E-state index < -0.39 is 12.1 Å². The van der Waals surface area contributed by atoms with E-state index in [2.05, 4.69) is 9.72 Å². The van der Waals surface area contributed by atoms with Crippen molar-refractivity contribution >= 4 is 11.7 Å². The maximum Gasteiger partial charge on any atom is 0.573 e. The zero-order valence-corrected chi connectivity index (χ0v) is 12.7. The summed E-state index contributed by atoms with van der Waals surface area (Å²) in [5.74, 6) is -0.784. The number of halogens is 3. The van der Waals surface area contributed by atoms with Gasteiger partial charge < -0.3 is 10.5 Å². The minimum Gasteiger partial charge on any atom is -0.406 e. The molecule has 128 valence electrons. The van der Waals surface area contributed by atoms with Crippen LogP contribution in [-0.2, 0) is 0 Å². The fourth-order valence-corrected chi connectivity index (χ4v) is 2.36. The Kier molecular flexibility index (Phi) is 4.18. The molecular weight excluding hydrogens is 335 g/mol. The number of carbonyl (C=O) groups is 1. The smallest absolute Gasteiger partial charge is 0.406 e. The van der Waals surface area contributed by atoms with E-state index in [1.165, 1.54) is 23.0 Å². The topological polar surface area (TPSA) is 70.1 Å². The van der Waals surface area contributed by atoms with Crippen LogP contribution in [0.2, 0.25) is 0 Å². The second-order valence-electron chi connectivity index (χ2n) is 5.08. The summed E-state index contributed by atoms with van der Waals surface area (Å²) >= 11 is 0. The quantitative estimate of drug-likeness (QED) is 0.733. The standard InChI is InChI=1S/C17H12F3N3O2/c18-17(19,20)25-12-6-7-13(15(24)11-4-2-1-3-5-11)14(10-12)23-9-8-22-16(23)21/h1-10H,(H2,21,22). The number of aromatic nitrogens is 2. The van der Waals surface area contributed by atoms with Crippen LogP contribution in [0.15, 0.2) is 60.9 Å². The van der Waals surface area contributed by atoms with Crippen LogP contribution in [0.25, 0.3) is 5.69 Å². The minimum atomic E-state index is -4.84. The number of ketones is 1. The van der Waals surface area contributed by atoms with Gasteiger partial charge in [-0.3, -0.25) is 9.36 Å². The second kappa shape index (κ2) is 6.31. The summed E-state index contributed by atoms with van der Waals surface area (Å²) in [6.07, 6.45) is -2.02. The lowest BCUT2D eigenvalue weighted by molar-refractivity contribution is -0.274. The predicted octanol–water partition coefficient (Wildman–Crippen LogP) is 3.58. The van der Waals surface area contributed by atoms with Gasteiger partial charge in [0.1, 0.15) is 5.75 Å². The number of anilines is 1. The van der Waals surface area contributed by atoms with Crippen molar-refractivity contribution in [1.29, 1.82) is 0 Å². The number of hydrogen-bond donors (Lipinski definition) is 1. The van der Waals surface area contributed by atoms with Gasteiger partial charge in [0.25, 0.3) is 0 Å². The first-order valence-corrected chi connectivity index (χ1v) is 7.14. The third-order valence-corrected chi connectivity index (χ3v) is 3.41. The summed E-state index contributed by atoms with van der Waals surface area (Å²) in [5, 5.41) is 0. The number of nitrogen functional groups attached to an aromatic ring is 1. The van der Waals surface area contributed by atoms with Gasteiger partial charge in [-0.1, -0.05) is 30.3 Å². The fourth-order valence-electron chi connectivity index (χ4n) is 2.36. The highest BCUT2D eigenvalue weighted by atomic mass is 19.4. The molecule has 3 aromatic rings. The SMILES string of the molecule is Nc1nccn1-c1cc(OC(F)(F)F)ccc1C(=O)c1ccccc1. The van der Waals surface area contributed by atoms with Crippen LogP contribution in [0.5, 0.6) is 5.75 Å². The number of imidazole rings is 1. The van der Waals surface area contributed by atoms with E-state index in [0.29, 0.717) is 5.56 Å². The number of nitrogens with zero attached hydrogens (tertiary/aromatic N) is 2. The van der Waals surface area contributed by atoms with Crippen molar-refractivity contribution in [2.45, 2.75) is 6.36 Å². The normalized spacial score (nSPS) is 11.3. The van der Waals surface area contributed by atoms with E-state index in [1.807, 2.05) is 0 Å². The number of nitrogens with two attached hydrogens (primary N) is 1.